The van der Waals surface area contributed by atoms with Crippen molar-refractivity contribution in [3.05, 3.63) is 29.8 Å². The average Bonchev–Trinajstić information content (AvgIpc) is 2.61. The van der Waals surface area contributed by atoms with Crippen LogP contribution in [-0.2, 0) is 11.3 Å². The number of ether oxygens (including phenoxy) is 1. The standard InChI is InChI=1S/C18H30N4O.HI/c1-3-5-10-20-18(19-4-2)21-15-16-6-8-17(9-7-16)22-11-13-23-14-12-22;/h6-9H,3-5,10-15H2,1-2H3,(H2,19,20,21);1H. The number of rotatable bonds is 7. The van der Waals surface area contributed by atoms with Crippen LogP contribution in [0.2, 0.25) is 0 Å². The monoisotopic (exact) mass is 446 g/mol. The normalized spacial score (nSPS) is 14.9. The minimum atomic E-state index is 0. The molecule has 0 aliphatic carbocycles. The first kappa shape index (κ1) is 21.0. The van der Waals surface area contributed by atoms with Gasteiger partial charge in [0.2, 0.25) is 0 Å². The third-order valence-corrected chi connectivity index (χ3v) is 3.90. The molecule has 0 radical (unpaired) electrons. The van der Waals surface area contributed by atoms with E-state index in [4.69, 9.17) is 4.74 Å². The number of unbranched alkanes of at least 4 members (excludes halogenated alkanes) is 1. The number of aliphatic imine (C=N–C) groups is 1. The molecule has 0 spiro atoms. The highest BCUT2D eigenvalue weighted by Crippen LogP contribution is 2.17. The SMILES string of the molecule is CCCCNC(=NCc1ccc(N2CCOCC2)cc1)NCC.I. The molecule has 0 atom stereocenters. The predicted molar refractivity (Wildman–Crippen MR) is 113 cm³/mol. The van der Waals surface area contributed by atoms with Crippen LogP contribution < -0.4 is 15.5 Å². The van der Waals surface area contributed by atoms with Crippen molar-refractivity contribution in [1.82, 2.24) is 10.6 Å². The summed E-state index contributed by atoms with van der Waals surface area (Å²) in [6.07, 6.45) is 2.36. The van der Waals surface area contributed by atoms with Crippen LogP contribution in [0.4, 0.5) is 5.69 Å². The summed E-state index contributed by atoms with van der Waals surface area (Å²) in [5, 5.41) is 6.66. The number of nitrogens with one attached hydrogen (secondary N) is 2. The lowest BCUT2D eigenvalue weighted by molar-refractivity contribution is 0.122. The Balaban J connectivity index is 0.00000288. The Morgan fingerprint density at radius 3 is 2.46 bits per heavy atom. The summed E-state index contributed by atoms with van der Waals surface area (Å²) in [7, 11) is 0. The van der Waals surface area contributed by atoms with Crippen molar-refractivity contribution in [2.45, 2.75) is 33.2 Å². The van der Waals surface area contributed by atoms with Gasteiger partial charge in [-0.1, -0.05) is 25.5 Å². The third kappa shape index (κ3) is 7.25. The maximum atomic E-state index is 5.40. The number of morpholine rings is 1. The van der Waals surface area contributed by atoms with Gasteiger partial charge in [-0.25, -0.2) is 4.99 Å². The highest BCUT2D eigenvalue weighted by atomic mass is 127. The summed E-state index contributed by atoms with van der Waals surface area (Å²) in [6, 6.07) is 8.72. The molecule has 5 nitrogen and oxygen atoms in total. The van der Waals surface area contributed by atoms with Crippen LogP contribution in [0.3, 0.4) is 0 Å². The lowest BCUT2D eigenvalue weighted by Gasteiger charge is -2.28. The van der Waals surface area contributed by atoms with Crippen LogP contribution in [0.15, 0.2) is 29.3 Å². The Morgan fingerprint density at radius 2 is 1.83 bits per heavy atom. The molecule has 0 unspecified atom stereocenters. The molecule has 1 aliphatic rings. The van der Waals surface area contributed by atoms with Crippen molar-refractivity contribution in [2.75, 3.05) is 44.3 Å². The first-order valence-corrected chi connectivity index (χ1v) is 8.77. The molecule has 0 aromatic heterocycles. The molecule has 1 aromatic rings. The molecule has 1 aliphatic heterocycles. The number of halogens is 1. The number of anilines is 1. The molecule has 2 rings (SSSR count). The van der Waals surface area contributed by atoms with Crippen molar-refractivity contribution >= 4 is 35.6 Å². The predicted octanol–water partition coefficient (Wildman–Crippen LogP) is 3.00. The van der Waals surface area contributed by atoms with Gasteiger partial charge in [0.05, 0.1) is 19.8 Å². The summed E-state index contributed by atoms with van der Waals surface area (Å²) in [5.41, 5.74) is 2.50. The Kier molecular flexibility index (Phi) is 10.8. The number of guanidine groups is 1. The minimum Gasteiger partial charge on any atom is -0.378 e. The molecule has 0 saturated carbocycles. The third-order valence-electron chi connectivity index (χ3n) is 3.90. The van der Waals surface area contributed by atoms with Crippen molar-refractivity contribution in [1.29, 1.82) is 0 Å². The topological polar surface area (TPSA) is 48.9 Å². The van der Waals surface area contributed by atoms with E-state index in [0.717, 1.165) is 45.4 Å². The van der Waals surface area contributed by atoms with E-state index in [0.29, 0.717) is 6.54 Å². The lowest BCUT2D eigenvalue weighted by atomic mass is 10.2. The number of nitrogens with zero attached hydrogens (tertiary/aromatic N) is 2. The van der Waals surface area contributed by atoms with Crippen LogP contribution in [0, 0.1) is 0 Å². The van der Waals surface area contributed by atoms with Gasteiger partial charge in [0.1, 0.15) is 0 Å². The molecule has 136 valence electrons. The smallest absolute Gasteiger partial charge is 0.191 e. The summed E-state index contributed by atoms with van der Waals surface area (Å²) in [6.45, 7) is 10.4. The van der Waals surface area contributed by atoms with E-state index in [1.54, 1.807) is 0 Å². The second-order valence-corrected chi connectivity index (χ2v) is 5.74. The van der Waals surface area contributed by atoms with Gasteiger partial charge in [-0.2, -0.15) is 0 Å². The zero-order valence-electron chi connectivity index (χ0n) is 14.9. The van der Waals surface area contributed by atoms with Crippen LogP contribution >= 0.6 is 24.0 Å². The van der Waals surface area contributed by atoms with Crippen LogP contribution in [0.5, 0.6) is 0 Å². The fraction of sp³-hybridized carbons (Fsp3) is 0.611. The van der Waals surface area contributed by atoms with Gasteiger partial charge in [0.15, 0.2) is 5.96 Å². The molecular formula is C18H31IN4O. The van der Waals surface area contributed by atoms with E-state index in [9.17, 15) is 0 Å². The molecule has 1 heterocycles. The van der Waals surface area contributed by atoms with Crippen molar-refractivity contribution in [3.63, 3.8) is 0 Å². The quantitative estimate of drug-likeness (QED) is 0.293. The van der Waals surface area contributed by atoms with Crippen molar-refractivity contribution in [2.24, 2.45) is 4.99 Å². The maximum absolute atomic E-state index is 5.40. The van der Waals surface area contributed by atoms with Crippen LogP contribution in [-0.4, -0.2) is 45.4 Å². The van der Waals surface area contributed by atoms with Gasteiger partial charge < -0.3 is 20.3 Å². The summed E-state index contributed by atoms with van der Waals surface area (Å²) < 4.78 is 5.40. The largest absolute Gasteiger partial charge is 0.378 e. The molecule has 0 bridgehead atoms. The molecular weight excluding hydrogens is 415 g/mol. The molecule has 24 heavy (non-hydrogen) atoms. The summed E-state index contributed by atoms with van der Waals surface area (Å²) in [4.78, 5) is 7.03. The van der Waals surface area contributed by atoms with Gasteiger partial charge in [-0.05, 0) is 31.0 Å². The molecule has 2 N–H and O–H groups in total. The van der Waals surface area contributed by atoms with Crippen LogP contribution in [0.25, 0.3) is 0 Å². The average molecular weight is 446 g/mol. The zero-order chi connectivity index (χ0) is 16.3. The maximum Gasteiger partial charge on any atom is 0.191 e. The fourth-order valence-corrected chi connectivity index (χ4v) is 2.53. The van der Waals surface area contributed by atoms with Gasteiger partial charge in [-0.3, -0.25) is 0 Å². The highest BCUT2D eigenvalue weighted by Gasteiger charge is 2.10. The number of hydrogen-bond donors (Lipinski definition) is 2. The van der Waals surface area contributed by atoms with Crippen LogP contribution in [0.1, 0.15) is 32.3 Å². The molecule has 6 heteroatoms. The zero-order valence-corrected chi connectivity index (χ0v) is 17.2. The second-order valence-electron chi connectivity index (χ2n) is 5.74. The van der Waals surface area contributed by atoms with Crippen molar-refractivity contribution in [3.8, 4) is 0 Å². The summed E-state index contributed by atoms with van der Waals surface area (Å²) in [5.74, 6) is 0.901. The minimum absolute atomic E-state index is 0. The van der Waals surface area contributed by atoms with E-state index in [-0.39, 0.29) is 24.0 Å². The van der Waals surface area contributed by atoms with E-state index < -0.39 is 0 Å². The Labute approximate surface area is 163 Å². The van der Waals surface area contributed by atoms with Gasteiger partial charge in [0, 0.05) is 31.9 Å². The van der Waals surface area contributed by atoms with Gasteiger partial charge >= 0.3 is 0 Å². The molecule has 1 aromatic carbocycles. The first-order chi connectivity index (χ1) is 11.3. The Morgan fingerprint density at radius 1 is 1.12 bits per heavy atom. The Bertz CT molecular complexity index is 472. The summed E-state index contributed by atoms with van der Waals surface area (Å²) >= 11 is 0. The van der Waals surface area contributed by atoms with Gasteiger partial charge in [0.25, 0.3) is 0 Å². The van der Waals surface area contributed by atoms with E-state index in [1.165, 1.54) is 24.1 Å². The number of hydrogen-bond acceptors (Lipinski definition) is 3. The fourth-order valence-electron chi connectivity index (χ4n) is 2.53. The van der Waals surface area contributed by atoms with Gasteiger partial charge in [-0.15, -0.1) is 24.0 Å². The number of benzene rings is 1. The van der Waals surface area contributed by atoms with E-state index >= 15 is 0 Å². The first-order valence-electron chi connectivity index (χ1n) is 8.77. The van der Waals surface area contributed by atoms with E-state index in [2.05, 4.69) is 58.6 Å². The second kappa shape index (κ2) is 12.4. The highest BCUT2D eigenvalue weighted by molar-refractivity contribution is 14.0. The lowest BCUT2D eigenvalue weighted by Crippen LogP contribution is -2.37. The van der Waals surface area contributed by atoms with Crippen molar-refractivity contribution < 1.29 is 4.74 Å². The molecule has 1 saturated heterocycles. The van der Waals surface area contributed by atoms with E-state index in [1.807, 2.05) is 0 Å². The Hall–Kier alpha value is -1.02. The molecule has 1 fully saturated rings. The molecule has 0 amide bonds.